The number of hydrogen-bond donors (Lipinski definition) is 0. The Balaban J connectivity index is 3.30. The van der Waals surface area contributed by atoms with Crippen molar-refractivity contribution in [3.05, 3.63) is 0 Å². The van der Waals surface area contributed by atoms with Crippen molar-refractivity contribution in [1.82, 2.24) is 0 Å². The maximum atomic E-state index is 11.3. The molecule has 0 unspecified atom stereocenters. The molecule has 0 bridgehead atoms. The first-order chi connectivity index (χ1) is 4.85. The SMILES string of the molecule is FCOB(OCF)OCF. The van der Waals surface area contributed by atoms with E-state index >= 15 is 0 Å². The monoisotopic (exact) mass is 158 g/mol. The predicted octanol–water partition coefficient (Wildman–Crippen LogP) is 0.802. The van der Waals surface area contributed by atoms with Crippen molar-refractivity contribution in [2.24, 2.45) is 0 Å². The second-order valence-electron chi connectivity index (χ2n) is 1.12. The van der Waals surface area contributed by atoms with E-state index in [0.29, 0.717) is 0 Å². The predicted molar refractivity (Wildman–Crippen MR) is 26.9 cm³/mol. The Labute approximate surface area is 56.2 Å². The smallest absolute Gasteiger partial charge is 0.358 e. The highest BCUT2D eigenvalue weighted by Gasteiger charge is 2.20. The van der Waals surface area contributed by atoms with Crippen molar-refractivity contribution < 1.29 is 27.1 Å². The Morgan fingerprint density at radius 3 is 1.30 bits per heavy atom. The highest BCUT2D eigenvalue weighted by molar-refractivity contribution is 6.36. The van der Waals surface area contributed by atoms with Crippen molar-refractivity contribution in [1.29, 1.82) is 0 Å². The molecule has 0 saturated heterocycles. The van der Waals surface area contributed by atoms with Crippen LogP contribution in [-0.4, -0.2) is 27.9 Å². The molecule has 0 atom stereocenters. The van der Waals surface area contributed by atoms with Crippen LogP contribution in [-0.2, 0) is 14.0 Å². The van der Waals surface area contributed by atoms with E-state index in [9.17, 15) is 13.2 Å². The fourth-order valence-electron chi connectivity index (χ4n) is 0.299. The van der Waals surface area contributed by atoms with Crippen LogP contribution in [0.5, 0.6) is 0 Å². The molecule has 0 aromatic heterocycles. The molecule has 0 aliphatic rings. The van der Waals surface area contributed by atoms with E-state index in [1.165, 1.54) is 0 Å². The van der Waals surface area contributed by atoms with Gasteiger partial charge in [-0.2, -0.15) is 0 Å². The van der Waals surface area contributed by atoms with Gasteiger partial charge in [-0.25, -0.2) is 13.2 Å². The lowest BCUT2D eigenvalue weighted by Crippen LogP contribution is -2.26. The molecule has 0 saturated carbocycles. The van der Waals surface area contributed by atoms with E-state index < -0.39 is 27.9 Å². The van der Waals surface area contributed by atoms with Gasteiger partial charge in [0.25, 0.3) is 0 Å². The zero-order valence-corrected chi connectivity index (χ0v) is 5.06. The molecule has 0 amide bonds. The summed E-state index contributed by atoms with van der Waals surface area (Å²) in [7, 11) is -1.60. The molecule has 3 nitrogen and oxygen atoms in total. The molecule has 0 heterocycles. The molecule has 60 valence electrons. The molecule has 0 radical (unpaired) electrons. The summed E-state index contributed by atoms with van der Waals surface area (Å²) >= 11 is 0. The largest absolute Gasteiger partial charge is 0.645 e. The second-order valence-corrected chi connectivity index (χ2v) is 1.12. The number of halogens is 3. The van der Waals surface area contributed by atoms with Gasteiger partial charge in [0.05, 0.1) is 0 Å². The normalized spacial score (nSPS) is 9.90. The zero-order chi connectivity index (χ0) is 7.82. The van der Waals surface area contributed by atoms with Gasteiger partial charge in [0.15, 0.2) is 20.6 Å². The van der Waals surface area contributed by atoms with Gasteiger partial charge in [-0.1, -0.05) is 0 Å². The van der Waals surface area contributed by atoms with Crippen LogP contribution in [0.1, 0.15) is 0 Å². The Morgan fingerprint density at radius 2 is 1.10 bits per heavy atom. The Morgan fingerprint density at radius 1 is 0.800 bits per heavy atom. The van der Waals surface area contributed by atoms with E-state index in [-0.39, 0.29) is 0 Å². The minimum atomic E-state index is -1.60. The molecule has 7 heteroatoms. The minimum absolute atomic E-state index is 1.22. The van der Waals surface area contributed by atoms with Crippen LogP contribution >= 0.6 is 0 Å². The summed E-state index contributed by atoms with van der Waals surface area (Å²) < 4.78 is 45.6. The molecule has 0 fully saturated rings. The van der Waals surface area contributed by atoms with Crippen LogP contribution in [0.25, 0.3) is 0 Å². The standard InChI is InChI=1S/C3H6BF3O3/c5-1-8-4(9-2-6)10-3-7/h1-3H2. The lowest BCUT2D eigenvalue weighted by molar-refractivity contribution is 0.0160. The van der Waals surface area contributed by atoms with E-state index in [1.54, 1.807) is 0 Å². The van der Waals surface area contributed by atoms with E-state index in [0.717, 1.165) is 0 Å². The Hall–Kier alpha value is -0.265. The maximum Gasteiger partial charge on any atom is 0.645 e. The topological polar surface area (TPSA) is 27.7 Å². The van der Waals surface area contributed by atoms with Crippen LogP contribution in [0.15, 0.2) is 0 Å². The Kier molecular flexibility index (Phi) is 6.67. The molecule has 0 spiro atoms. The van der Waals surface area contributed by atoms with Gasteiger partial charge in [-0.3, -0.25) is 0 Å². The third-order valence-corrected chi connectivity index (χ3v) is 0.597. The third kappa shape index (κ3) is 4.60. The summed E-state index contributed by atoms with van der Waals surface area (Å²) in [6.45, 7) is -3.65. The molecule has 0 aromatic rings. The summed E-state index contributed by atoms with van der Waals surface area (Å²) in [6.07, 6.45) is 0. The lowest BCUT2D eigenvalue weighted by Gasteiger charge is -2.06. The number of alkyl halides is 3. The van der Waals surface area contributed by atoms with E-state index in [1.807, 2.05) is 0 Å². The van der Waals surface area contributed by atoms with Gasteiger partial charge in [0.2, 0.25) is 0 Å². The number of rotatable bonds is 6. The van der Waals surface area contributed by atoms with Gasteiger partial charge in [0, 0.05) is 0 Å². The fraction of sp³-hybridized carbons (Fsp3) is 1.00. The quantitative estimate of drug-likeness (QED) is 0.535. The van der Waals surface area contributed by atoms with Gasteiger partial charge >= 0.3 is 7.32 Å². The van der Waals surface area contributed by atoms with Crippen LogP contribution in [0.2, 0.25) is 0 Å². The summed E-state index contributed by atoms with van der Waals surface area (Å²) in [5.41, 5.74) is 0. The molecule has 0 aliphatic heterocycles. The van der Waals surface area contributed by atoms with Crippen LogP contribution in [0.4, 0.5) is 13.2 Å². The van der Waals surface area contributed by atoms with Crippen molar-refractivity contribution in [2.45, 2.75) is 0 Å². The summed E-state index contributed by atoms with van der Waals surface area (Å²) in [5, 5.41) is 0. The third-order valence-electron chi connectivity index (χ3n) is 0.597. The van der Waals surface area contributed by atoms with Crippen molar-refractivity contribution in [3.8, 4) is 0 Å². The van der Waals surface area contributed by atoms with Crippen molar-refractivity contribution in [2.75, 3.05) is 20.6 Å². The first-order valence-corrected chi connectivity index (χ1v) is 2.37. The average Bonchev–Trinajstić information content (AvgIpc) is 1.90. The minimum Gasteiger partial charge on any atom is -0.358 e. The van der Waals surface area contributed by atoms with Crippen LogP contribution < -0.4 is 0 Å². The second kappa shape index (κ2) is 6.85. The van der Waals surface area contributed by atoms with Crippen LogP contribution in [0, 0.1) is 0 Å². The summed E-state index contributed by atoms with van der Waals surface area (Å²) in [4.78, 5) is 0. The molecule has 0 aromatic carbocycles. The number of hydrogen-bond acceptors (Lipinski definition) is 3. The van der Waals surface area contributed by atoms with Gasteiger partial charge < -0.3 is 14.0 Å². The first-order valence-electron chi connectivity index (χ1n) is 2.37. The highest BCUT2D eigenvalue weighted by atomic mass is 19.1. The van der Waals surface area contributed by atoms with Crippen molar-refractivity contribution in [3.63, 3.8) is 0 Å². The summed E-state index contributed by atoms with van der Waals surface area (Å²) in [5.74, 6) is 0. The van der Waals surface area contributed by atoms with Crippen LogP contribution in [0.3, 0.4) is 0 Å². The van der Waals surface area contributed by atoms with E-state index in [4.69, 9.17) is 0 Å². The molecule has 0 rings (SSSR count). The summed E-state index contributed by atoms with van der Waals surface area (Å²) in [6, 6.07) is 0. The van der Waals surface area contributed by atoms with Gasteiger partial charge in [-0.05, 0) is 0 Å². The van der Waals surface area contributed by atoms with Crippen molar-refractivity contribution >= 4 is 7.32 Å². The molecule has 10 heavy (non-hydrogen) atoms. The average molecular weight is 158 g/mol. The van der Waals surface area contributed by atoms with E-state index in [2.05, 4.69) is 14.0 Å². The maximum absolute atomic E-state index is 11.3. The molecule has 0 aliphatic carbocycles. The highest BCUT2D eigenvalue weighted by Crippen LogP contribution is 1.93. The zero-order valence-electron chi connectivity index (χ0n) is 5.06. The molecule has 0 N–H and O–H groups in total. The molecular formula is C3H6BF3O3. The Bertz CT molecular complexity index is 61.7. The lowest BCUT2D eigenvalue weighted by atomic mass is 10.2. The van der Waals surface area contributed by atoms with Gasteiger partial charge in [-0.15, -0.1) is 0 Å². The first kappa shape index (κ1) is 9.73. The molecular weight excluding hydrogens is 152 g/mol. The fourth-order valence-corrected chi connectivity index (χ4v) is 0.299. The van der Waals surface area contributed by atoms with Gasteiger partial charge in [0.1, 0.15) is 0 Å².